The number of hydrogen-bond acceptors (Lipinski definition) is 6. The van der Waals surface area contributed by atoms with Crippen LogP contribution in [0.2, 0.25) is 0 Å². The van der Waals surface area contributed by atoms with Crippen molar-refractivity contribution >= 4 is 16.7 Å². The summed E-state index contributed by atoms with van der Waals surface area (Å²) in [5.41, 5.74) is 2.54. The molecule has 7 heteroatoms. The molecule has 0 amide bonds. The maximum Gasteiger partial charge on any atom is 0.266 e. The van der Waals surface area contributed by atoms with E-state index < -0.39 is 0 Å². The normalized spacial score (nSPS) is 16.4. The van der Waals surface area contributed by atoms with Gasteiger partial charge in [0, 0.05) is 36.0 Å². The highest BCUT2D eigenvalue weighted by molar-refractivity contribution is 5.89. The van der Waals surface area contributed by atoms with Crippen LogP contribution in [0, 0.1) is 0 Å². The molecule has 0 aliphatic carbocycles. The van der Waals surface area contributed by atoms with E-state index >= 15 is 0 Å². The molecule has 1 saturated heterocycles. The SMILES string of the molecule is O=c1ccc(-c2ccncc2)nn1CC1CCCN1c1ncnc2ccccc12. The summed E-state index contributed by atoms with van der Waals surface area (Å²) >= 11 is 0. The molecule has 0 spiro atoms. The number of nitrogens with zero attached hydrogens (tertiary/aromatic N) is 6. The lowest BCUT2D eigenvalue weighted by Gasteiger charge is -2.26. The predicted molar refractivity (Wildman–Crippen MR) is 112 cm³/mol. The smallest absolute Gasteiger partial charge is 0.266 e. The zero-order valence-electron chi connectivity index (χ0n) is 15.8. The molecule has 1 fully saturated rings. The van der Waals surface area contributed by atoms with Gasteiger partial charge in [-0.2, -0.15) is 5.10 Å². The molecule has 0 N–H and O–H groups in total. The van der Waals surface area contributed by atoms with Crippen LogP contribution < -0.4 is 10.5 Å². The Hall–Kier alpha value is -3.61. The topological polar surface area (TPSA) is 76.8 Å². The van der Waals surface area contributed by atoms with Gasteiger partial charge < -0.3 is 4.90 Å². The monoisotopic (exact) mass is 384 g/mol. The van der Waals surface area contributed by atoms with Crippen molar-refractivity contribution in [1.29, 1.82) is 0 Å². The third-order valence-corrected chi connectivity index (χ3v) is 5.40. The van der Waals surface area contributed by atoms with Gasteiger partial charge in [0.1, 0.15) is 12.1 Å². The highest BCUT2D eigenvalue weighted by Crippen LogP contribution is 2.29. The van der Waals surface area contributed by atoms with E-state index in [1.54, 1.807) is 35.5 Å². The van der Waals surface area contributed by atoms with Gasteiger partial charge >= 0.3 is 0 Å². The van der Waals surface area contributed by atoms with Crippen LogP contribution in [0.15, 0.2) is 72.0 Å². The molecule has 1 atom stereocenters. The van der Waals surface area contributed by atoms with Gasteiger partial charge in [-0.1, -0.05) is 12.1 Å². The lowest BCUT2D eigenvalue weighted by atomic mass is 10.2. The minimum absolute atomic E-state index is 0.0952. The van der Waals surface area contributed by atoms with E-state index in [1.807, 2.05) is 30.3 Å². The Morgan fingerprint density at radius 1 is 1.00 bits per heavy atom. The number of para-hydroxylation sites is 1. The Kier molecular flexibility index (Phi) is 4.48. The third kappa shape index (κ3) is 3.35. The molecule has 4 aromatic rings. The van der Waals surface area contributed by atoms with Crippen molar-refractivity contribution < 1.29 is 0 Å². The maximum atomic E-state index is 12.5. The summed E-state index contributed by atoms with van der Waals surface area (Å²) in [5.74, 6) is 0.927. The summed E-state index contributed by atoms with van der Waals surface area (Å²) < 4.78 is 1.57. The number of aromatic nitrogens is 5. The summed E-state index contributed by atoms with van der Waals surface area (Å²) in [6.07, 6.45) is 7.12. The summed E-state index contributed by atoms with van der Waals surface area (Å²) in [6, 6.07) is 15.3. The molecule has 144 valence electrons. The van der Waals surface area contributed by atoms with E-state index in [0.29, 0.717) is 6.54 Å². The number of benzene rings is 1. The summed E-state index contributed by atoms with van der Waals surface area (Å²) in [6.45, 7) is 1.43. The molecule has 29 heavy (non-hydrogen) atoms. The van der Waals surface area contributed by atoms with Crippen molar-refractivity contribution in [2.75, 3.05) is 11.4 Å². The van der Waals surface area contributed by atoms with Crippen molar-refractivity contribution in [1.82, 2.24) is 24.7 Å². The number of rotatable bonds is 4. The van der Waals surface area contributed by atoms with Crippen molar-refractivity contribution in [3.8, 4) is 11.3 Å². The van der Waals surface area contributed by atoms with E-state index in [0.717, 1.165) is 47.4 Å². The number of hydrogen-bond donors (Lipinski definition) is 0. The van der Waals surface area contributed by atoms with E-state index in [1.165, 1.54) is 0 Å². The fraction of sp³-hybridized carbons (Fsp3) is 0.227. The first-order valence-corrected chi connectivity index (χ1v) is 9.74. The molecule has 3 aromatic heterocycles. The van der Waals surface area contributed by atoms with Crippen LogP contribution in [0.3, 0.4) is 0 Å². The van der Waals surface area contributed by atoms with Gasteiger partial charge in [-0.3, -0.25) is 9.78 Å². The quantitative estimate of drug-likeness (QED) is 0.538. The third-order valence-electron chi connectivity index (χ3n) is 5.40. The van der Waals surface area contributed by atoms with Crippen molar-refractivity contribution in [3.05, 3.63) is 77.6 Å². The summed E-state index contributed by atoms with van der Waals surface area (Å²) in [4.78, 5) is 27.8. The Bertz CT molecular complexity index is 1200. The zero-order chi connectivity index (χ0) is 19.6. The highest BCUT2D eigenvalue weighted by Gasteiger charge is 2.28. The Balaban J connectivity index is 1.48. The van der Waals surface area contributed by atoms with Gasteiger partial charge in [-0.25, -0.2) is 14.6 Å². The van der Waals surface area contributed by atoms with Crippen LogP contribution in [0.25, 0.3) is 22.2 Å². The van der Waals surface area contributed by atoms with Gasteiger partial charge in [-0.15, -0.1) is 0 Å². The molecular weight excluding hydrogens is 364 g/mol. The lowest BCUT2D eigenvalue weighted by Crippen LogP contribution is -2.37. The minimum Gasteiger partial charge on any atom is -0.351 e. The molecule has 1 aromatic carbocycles. The second-order valence-corrected chi connectivity index (χ2v) is 7.18. The van der Waals surface area contributed by atoms with E-state index in [2.05, 4.69) is 31.0 Å². The van der Waals surface area contributed by atoms with Gasteiger partial charge in [0.2, 0.25) is 0 Å². The first-order chi connectivity index (χ1) is 14.3. The number of anilines is 1. The van der Waals surface area contributed by atoms with Gasteiger partial charge in [-0.05, 0) is 43.2 Å². The number of fused-ring (bicyclic) bond motifs is 1. The fourth-order valence-electron chi connectivity index (χ4n) is 3.98. The average Bonchev–Trinajstić information content (AvgIpc) is 3.23. The van der Waals surface area contributed by atoms with E-state index in [4.69, 9.17) is 0 Å². The molecule has 1 unspecified atom stereocenters. The van der Waals surface area contributed by atoms with Crippen LogP contribution in [-0.2, 0) is 6.54 Å². The molecule has 7 nitrogen and oxygen atoms in total. The molecular formula is C22H20N6O. The van der Waals surface area contributed by atoms with Gasteiger partial charge in [0.05, 0.1) is 23.8 Å². The molecule has 0 radical (unpaired) electrons. The Labute approximate surface area is 167 Å². The van der Waals surface area contributed by atoms with Crippen molar-refractivity contribution in [3.63, 3.8) is 0 Å². The average molecular weight is 384 g/mol. The summed E-state index contributed by atoms with van der Waals surface area (Å²) in [5, 5.41) is 5.65. The van der Waals surface area contributed by atoms with Crippen LogP contribution >= 0.6 is 0 Å². The van der Waals surface area contributed by atoms with E-state index in [-0.39, 0.29) is 11.6 Å². The zero-order valence-corrected chi connectivity index (χ0v) is 15.8. The lowest BCUT2D eigenvalue weighted by molar-refractivity contribution is 0.489. The molecule has 5 rings (SSSR count). The molecule has 0 saturated carbocycles. The second-order valence-electron chi connectivity index (χ2n) is 7.18. The standard InChI is InChI=1S/C22H20N6O/c29-21-8-7-19(16-9-11-23-12-10-16)26-28(21)14-17-4-3-13-27(17)22-18-5-1-2-6-20(18)24-15-25-22/h1-2,5-12,15,17H,3-4,13-14H2. The maximum absolute atomic E-state index is 12.5. The first kappa shape index (κ1) is 17.5. The van der Waals surface area contributed by atoms with Crippen molar-refractivity contribution in [2.24, 2.45) is 0 Å². The highest BCUT2D eigenvalue weighted by atomic mass is 16.1. The fourth-order valence-corrected chi connectivity index (χ4v) is 3.98. The van der Waals surface area contributed by atoms with Gasteiger partial charge in [0.25, 0.3) is 5.56 Å². The van der Waals surface area contributed by atoms with Crippen LogP contribution in [0.5, 0.6) is 0 Å². The Morgan fingerprint density at radius 2 is 1.86 bits per heavy atom. The van der Waals surface area contributed by atoms with E-state index in [9.17, 15) is 4.79 Å². The molecule has 1 aliphatic heterocycles. The van der Waals surface area contributed by atoms with Crippen LogP contribution in [-0.4, -0.2) is 37.3 Å². The molecule has 4 heterocycles. The Morgan fingerprint density at radius 3 is 2.76 bits per heavy atom. The largest absolute Gasteiger partial charge is 0.351 e. The summed E-state index contributed by atoms with van der Waals surface area (Å²) in [7, 11) is 0. The van der Waals surface area contributed by atoms with Crippen LogP contribution in [0.4, 0.5) is 5.82 Å². The first-order valence-electron chi connectivity index (χ1n) is 9.74. The van der Waals surface area contributed by atoms with Crippen molar-refractivity contribution in [2.45, 2.75) is 25.4 Å². The van der Waals surface area contributed by atoms with Crippen LogP contribution in [0.1, 0.15) is 12.8 Å². The minimum atomic E-state index is -0.0952. The molecule has 1 aliphatic rings. The molecule has 0 bridgehead atoms. The number of pyridine rings is 1. The van der Waals surface area contributed by atoms with Gasteiger partial charge in [0.15, 0.2) is 0 Å². The predicted octanol–water partition coefficient (Wildman–Crippen LogP) is 2.92. The second kappa shape index (κ2) is 7.43.